The van der Waals surface area contributed by atoms with Gasteiger partial charge in [0.25, 0.3) is 0 Å². The number of esters is 1. The summed E-state index contributed by atoms with van der Waals surface area (Å²) in [7, 11) is 1.67. The summed E-state index contributed by atoms with van der Waals surface area (Å²) in [6.07, 6.45) is 7.13. The van der Waals surface area contributed by atoms with E-state index in [1.54, 1.807) is 7.11 Å². The summed E-state index contributed by atoms with van der Waals surface area (Å²) in [6, 6.07) is 5.71. The third-order valence-corrected chi connectivity index (χ3v) is 4.14. The number of hydrogen-bond acceptors (Lipinski definition) is 3. The van der Waals surface area contributed by atoms with Crippen LogP contribution in [0.4, 0.5) is 0 Å². The predicted octanol–water partition coefficient (Wildman–Crippen LogP) is 3.30. The molecule has 1 aromatic rings. The van der Waals surface area contributed by atoms with Gasteiger partial charge in [-0.15, -0.1) is 0 Å². The quantitative estimate of drug-likeness (QED) is 0.474. The molecule has 3 nitrogen and oxygen atoms in total. The van der Waals surface area contributed by atoms with Gasteiger partial charge in [-0.25, -0.2) is 0 Å². The Balaban J connectivity index is 1.89. The van der Waals surface area contributed by atoms with Gasteiger partial charge in [0.15, 0.2) is 0 Å². The fraction of sp³-hybridized carbons (Fsp3) is 0.438. The minimum atomic E-state index is -0.308. The molecule has 2 aliphatic rings. The summed E-state index contributed by atoms with van der Waals surface area (Å²) >= 11 is 0. The molecule has 2 aliphatic carbocycles. The van der Waals surface area contributed by atoms with Gasteiger partial charge < -0.3 is 9.47 Å². The summed E-state index contributed by atoms with van der Waals surface area (Å²) in [5, 5.41) is 0. The smallest absolute Gasteiger partial charge is 0.308 e. The highest BCUT2D eigenvalue weighted by atomic mass is 16.5. The van der Waals surface area contributed by atoms with Crippen molar-refractivity contribution < 1.29 is 14.3 Å². The Hall–Kier alpha value is -1.77. The molecular formula is C16H18O3. The number of carbonyl (C=O) groups excluding carboxylic acids is 1. The van der Waals surface area contributed by atoms with Gasteiger partial charge in [-0.2, -0.15) is 0 Å². The van der Waals surface area contributed by atoms with Crippen molar-refractivity contribution in [1.82, 2.24) is 0 Å². The van der Waals surface area contributed by atoms with E-state index in [0.29, 0.717) is 17.6 Å². The van der Waals surface area contributed by atoms with Gasteiger partial charge in [-0.3, -0.25) is 4.79 Å². The molecule has 0 saturated heterocycles. The lowest BCUT2D eigenvalue weighted by Crippen LogP contribution is -2.08. The maximum Gasteiger partial charge on any atom is 0.308 e. The zero-order valence-electron chi connectivity index (χ0n) is 11.3. The van der Waals surface area contributed by atoms with Gasteiger partial charge in [0, 0.05) is 13.0 Å². The average molecular weight is 258 g/mol. The lowest BCUT2D eigenvalue weighted by molar-refractivity contribution is -0.131. The number of methoxy groups -OCH3 is 1. The van der Waals surface area contributed by atoms with E-state index in [1.165, 1.54) is 25.3 Å². The molecule has 100 valence electrons. The second-order valence-electron chi connectivity index (χ2n) is 5.38. The minimum Gasteiger partial charge on any atom is -0.496 e. The van der Waals surface area contributed by atoms with Crippen LogP contribution in [0.15, 0.2) is 30.4 Å². The molecule has 0 aromatic heterocycles. The highest BCUT2D eigenvalue weighted by Crippen LogP contribution is 2.51. The van der Waals surface area contributed by atoms with E-state index < -0.39 is 0 Å². The van der Waals surface area contributed by atoms with Crippen LogP contribution in [0.25, 0.3) is 0 Å². The molecular weight excluding hydrogens is 240 g/mol. The molecule has 2 bridgehead atoms. The Kier molecular flexibility index (Phi) is 3.05. The number of benzene rings is 1. The number of fused-ring (bicyclic) bond motifs is 2. The van der Waals surface area contributed by atoms with E-state index in [1.807, 2.05) is 18.2 Å². The fourth-order valence-corrected chi connectivity index (χ4v) is 3.37. The molecule has 19 heavy (non-hydrogen) atoms. The third-order valence-electron chi connectivity index (χ3n) is 4.14. The van der Waals surface area contributed by atoms with E-state index in [2.05, 4.69) is 12.2 Å². The lowest BCUT2D eigenvalue weighted by Gasteiger charge is -2.21. The highest BCUT2D eigenvalue weighted by molar-refractivity contribution is 5.69. The summed E-state index contributed by atoms with van der Waals surface area (Å²) in [4.78, 5) is 11.0. The first-order chi connectivity index (χ1) is 9.17. The Morgan fingerprint density at radius 3 is 2.68 bits per heavy atom. The molecule has 0 heterocycles. The molecule has 0 N–H and O–H groups in total. The minimum absolute atomic E-state index is 0.308. The van der Waals surface area contributed by atoms with Crippen LogP contribution in [0.2, 0.25) is 0 Å². The Bertz CT molecular complexity index is 533. The molecule has 3 rings (SSSR count). The molecule has 0 amide bonds. The van der Waals surface area contributed by atoms with Gasteiger partial charge in [0.1, 0.15) is 11.5 Å². The standard InChI is InChI=1S/C16H18O3/c1-10(17)19-13-5-6-14(16(9-13)18-2)15-8-11-3-4-12(15)7-11/h3-6,9,11-12,15H,7-8H2,1-2H3. The summed E-state index contributed by atoms with van der Waals surface area (Å²) in [5.74, 6) is 2.97. The van der Waals surface area contributed by atoms with Crippen LogP contribution in [-0.4, -0.2) is 13.1 Å². The zero-order chi connectivity index (χ0) is 13.4. The van der Waals surface area contributed by atoms with Gasteiger partial charge in [0.05, 0.1) is 7.11 Å². The normalized spacial score (nSPS) is 27.6. The second-order valence-corrected chi connectivity index (χ2v) is 5.38. The number of allylic oxidation sites excluding steroid dienone is 2. The number of carbonyl (C=O) groups is 1. The third kappa shape index (κ3) is 2.25. The number of rotatable bonds is 3. The molecule has 1 fully saturated rings. The molecule has 0 aliphatic heterocycles. The van der Waals surface area contributed by atoms with Crippen molar-refractivity contribution in [2.75, 3.05) is 7.11 Å². The molecule has 0 radical (unpaired) electrons. The second kappa shape index (κ2) is 4.72. The SMILES string of the molecule is COc1cc(OC(C)=O)ccc1C1CC2C=CC1C2. The van der Waals surface area contributed by atoms with Gasteiger partial charge in [-0.05, 0) is 42.2 Å². The fourth-order valence-electron chi connectivity index (χ4n) is 3.37. The van der Waals surface area contributed by atoms with Gasteiger partial charge in [-0.1, -0.05) is 18.2 Å². The maximum absolute atomic E-state index is 11.0. The largest absolute Gasteiger partial charge is 0.496 e. The molecule has 1 saturated carbocycles. The molecule has 3 heteroatoms. The first-order valence-electron chi connectivity index (χ1n) is 6.72. The van der Waals surface area contributed by atoms with E-state index in [4.69, 9.17) is 9.47 Å². The molecule has 3 unspecified atom stereocenters. The van der Waals surface area contributed by atoms with Crippen LogP contribution in [0.5, 0.6) is 11.5 Å². The number of hydrogen-bond donors (Lipinski definition) is 0. The lowest BCUT2D eigenvalue weighted by atomic mass is 9.86. The molecule has 0 spiro atoms. The number of ether oxygens (including phenoxy) is 2. The summed E-state index contributed by atoms with van der Waals surface area (Å²) in [6.45, 7) is 1.40. The molecule has 3 atom stereocenters. The zero-order valence-corrected chi connectivity index (χ0v) is 11.3. The van der Waals surface area contributed by atoms with Crippen molar-refractivity contribution in [3.05, 3.63) is 35.9 Å². The first-order valence-corrected chi connectivity index (χ1v) is 6.72. The van der Waals surface area contributed by atoms with E-state index in [-0.39, 0.29) is 5.97 Å². The van der Waals surface area contributed by atoms with E-state index in [9.17, 15) is 4.79 Å². The van der Waals surface area contributed by atoms with Crippen molar-refractivity contribution in [3.8, 4) is 11.5 Å². The van der Waals surface area contributed by atoms with Crippen LogP contribution in [0.3, 0.4) is 0 Å². The summed E-state index contributed by atoms with van der Waals surface area (Å²) < 4.78 is 10.6. The first kappa shape index (κ1) is 12.3. The Labute approximate surface area is 113 Å². The van der Waals surface area contributed by atoms with Gasteiger partial charge >= 0.3 is 5.97 Å². The highest BCUT2D eigenvalue weighted by Gasteiger charge is 2.37. The van der Waals surface area contributed by atoms with Crippen molar-refractivity contribution in [3.63, 3.8) is 0 Å². The van der Waals surface area contributed by atoms with Crippen LogP contribution < -0.4 is 9.47 Å². The van der Waals surface area contributed by atoms with Crippen LogP contribution in [0.1, 0.15) is 31.2 Å². The predicted molar refractivity (Wildman–Crippen MR) is 72.4 cm³/mol. The van der Waals surface area contributed by atoms with Crippen LogP contribution >= 0.6 is 0 Å². The maximum atomic E-state index is 11.0. The summed E-state index contributed by atoms with van der Waals surface area (Å²) in [5.41, 5.74) is 1.23. The average Bonchev–Trinajstić information content (AvgIpc) is 3.00. The van der Waals surface area contributed by atoms with Crippen molar-refractivity contribution in [2.24, 2.45) is 11.8 Å². The van der Waals surface area contributed by atoms with Crippen LogP contribution in [-0.2, 0) is 4.79 Å². The van der Waals surface area contributed by atoms with E-state index >= 15 is 0 Å². The van der Waals surface area contributed by atoms with E-state index in [0.717, 1.165) is 11.7 Å². The van der Waals surface area contributed by atoms with Crippen LogP contribution in [0, 0.1) is 11.8 Å². The topological polar surface area (TPSA) is 35.5 Å². The Morgan fingerprint density at radius 2 is 2.11 bits per heavy atom. The van der Waals surface area contributed by atoms with Crippen molar-refractivity contribution >= 4 is 5.97 Å². The van der Waals surface area contributed by atoms with Crippen molar-refractivity contribution in [2.45, 2.75) is 25.7 Å². The monoisotopic (exact) mass is 258 g/mol. The molecule has 1 aromatic carbocycles. The Morgan fingerprint density at radius 1 is 1.26 bits per heavy atom. The van der Waals surface area contributed by atoms with Crippen molar-refractivity contribution in [1.29, 1.82) is 0 Å². The van der Waals surface area contributed by atoms with Gasteiger partial charge in [0.2, 0.25) is 0 Å².